The van der Waals surface area contributed by atoms with Crippen LogP contribution in [0.1, 0.15) is 16.7 Å². The van der Waals surface area contributed by atoms with Gasteiger partial charge >= 0.3 is 0 Å². The van der Waals surface area contributed by atoms with Gasteiger partial charge < -0.3 is 4.57 Å². The Kier molecular flexibility index (Phi) is 3.50. The fraction of sp³-hybridized carbons (Fsp3) is 0.150. The lowest BCUT2D eigenvalue weighted by Gasteiger charge is -2.12. The molecule has 0 amide bonds. The quantitative estimate of drug-likeness (QED) is 0.492. The van der Waals surface area contributed by atoms with Crippen LogP contribution in [0.4, 0.5) is 0 Å². The summed E-state index contributed by atoms with van der Waals surface area (Å²) in [6.45, 7) is 5.18. The molecule has 0 fully saturated rings. The largest absolute Gasteiger partial charge is 0.319 e. The Hall–Kier alpha value is -2.39. The first-order valence-corrected chi connectivity index (χ1v) is 8.65. The van der Waals surface area contributed by atoms with Gasteiger partial charge in [-0.25, -0.2) is 4.98 Å². The van der Waals surface area contributed by atoms with Crippen molar-refractivity contribution < 1.29 is 0 Å². The number of thiophene rings is 1. The minimum atomic E-state index is 0.848. The summed E-state index contributed by atoms with van der Waals surface area (Å²) < 4.78 is 2.34. The van der Waals surface area contributed by atoms with Crippen molar-refractivity contribution in [3.05, 3.63) is 76.7 Å². The summed E-state index contributed by atoms with van der Waals surface area (Å²) >= 11 is 1.74. The molecule has 23 heavy (non-hydrogen) atoms. The zero-order valence-electron chi connectivity index (χ0n) is 13.3. The summed E-state index contributed by atoms with van der Waals surface area (Å²) in [5, 5.41) is 2.11. The first-order valence-electron chi connectivity index (χ1n) is 7.77. The molecule has 4 rings (SSSR count). The van der Waals surface area contributed by atoms with Crippen LogP contribution in [0.5, 0.6) is 0 Å². The van der Waals surface area contributed by atoms with Crippen LogP contribution in [-0.4, -0.2) is 9.55 Å². The standard InChI is InChI=1S/C20H18N2S/c1-14-9-10-15(2)16(12-14)13-22-18-7-4-3-6-17(18)21-20(22)19-8-5-11-23-19/h3-12H,13H2,1-2H3. The van der Waals surface area contributed by atoms with E-state index in [1.54, 1.807) is 11.3 Å². The van der Waals surface area contributed by atoms with Gasteiger partial charge in [0, 0.05) is 6.54 Å². The maximum absolute atomic E-state index is 4.88. The number of imidazole rings is 1. The van der Waals surface area contributed by atoms with E-state index in [1.807, 2.05) is 0 Å². The molecule has 114 valence electrons. The van der Waals surface area contributed by atoms with Crippen molar-refractivity contribution in [2.75, 3.05) is 0 Å². The summed E-state index contributed by atoms with van der Waals surface area (Å²) in [6.07, 6.45) is 0. The molecule has 2 nitrogen and oxygen atoms in total. The molecular weight excluding hydrogens is 300 g/mol. The Morgan fingerprint density at radius 2 is 1.87 bits per heavy atom. The van der Waals surface area contributed by atoms with Crippen LogP contribution >= 0.6 is 11.3 Å². The Labute approximate surface area is 140 Å². The molecular formula is C20H18N2S. The van der Waals surface area contributed by atoms with E-state index in [1.165, 1.54) is 27.1 Å². The van der Waals surface area contributed by atoms with Crippen LogP contribution in [0.15, 0.2) is 60.0 Å². The highest BCUT2D eigenvalue weighted by Crippen LogP contribution is 2.29. The molecule has 2 aromatic carbocycles. The van der Waals surface area contributed by atoms with Crippen molar-refractivity contribution in [3.8, 4) is 10.7 Å². The van der Waals surface area contributed by atoms with Crippen molar-refractivity contribution in [2.24, 2.45) is 0 Å². The molecule has 0 radical (unpaired) electrons. The summed E-state index contributed by atoms with van der Waals surface area (Å²) in [6, 6.07) is 19.3. The van der Waals surface area contributed by atoms with E-state index >= 15 is 0 Å². The molecule has 2 aromatic heterocycles. The van der Waals surface area contributed by atoms with Crippen LogP contribution in [0.25, 0.3) is 21.7 Å². The van der Waals surface area contributed by atoms with Gasteiger partial charge in [0.25, 0.3) is 0 Å². The third kappa shape index (κ3) is 2.57. The van der Waals surface area contributed by atoms with Crippen LogP contribution in [-0.2, 0) is 6.54 Å². The highest BCUT2D eigenvalue weighted by molar-refractivity contribution is 7.13. The molecule has 0 aliphatic carbocycles. The van der Waals surface area contributed by atoms with E-state index < -0.39 is 0 Å². The predicted octanol–water partition coefficient (Wildman–Crippen LogP) is 5.43. The van der Waals surface area contributed by atoms with Crippen LogP contribution in [0, 0.1) is 13.8 Å². The second-order valence-electron chi connectivity index (χ2n) is 5.92. The zero-order chi connectivity index (χ0) is 15.8. The number of rotatable bonds is 3. The molecule has 0 spiro atoms. The third-order valence-electron chi connectivity index (χ3n) is 4.23. The van der Waals surface area contributed by atoms with E-state index in [0.29, 0.717) is 0 Å². The number of hydrogen-bond donors (Lipinski definition) is 0. The van der Waals surface area contributed by atoms with Gasteiger partial charge in [-0.05, 0) is 48.6 Å². The molecule has 0 bridgehead atoms. The van der Waals surface area contributed by atoms with Crippen molar-refractivity contribution in [3.63, 3.8) is 0 Å². The van der Waals surface area contributed by atoms with Gasteiger partial charge in [-0.3, -0.25) is 0 Å². The van der Waals surface area contributed by atoms with E-state index in [4.69, 9.17) is 4.98 Å². The Bertz CT molecular complexity index is 965. The van der Waals surface area contributed by atoms with Gasteiger partial charge in [0.1, 0.15) is 0 Å². The lowest BCUT2D eigenvalue weighted by molar-refractivity contribution is 0.829. The molecule has 3 heteroatoms. The van der Waals surface area contributed by atoms with Crippen molar-refractivity contribution in [1.29, 1.82) is 0 Å². The van der Waals surface area contributed by atoms with Gasteiger partial charge in [-0.2, -0.15) is 0 Å². The summed E-state index contributed by atoms with van der Waals surface area (Å²) in [4.78, 5) is 6.09. The first kappa shape index (κ1) is 14.2. The third-order valence-corrected chi connectivity index (χ3v) is 5.10. The van der Waals surface area contributed by atoms with Gasteiger partial charge in [0.15, 0.2) is 5.82 Å². The predicted molar refractivity (Wildman–Crippen MR) is 98.1 cm³/mol. The Balaban J connectivity index is 1.91. The van der Waals surface area contributed by atoms with Crippen molar-refractivity contribution in [2.45, 2.75) is 20.4 Å². The second kappa shape index (κ2) is 5.67. The van der Waals surface area contributed by atoms with Gasteiger partial charge in [-0.15, -0.1) is 11.3 Å². The van der Waals surface area contributed by atoms with Crippen molar-refractivity contribution in [1.82, 2.24) is 9.55 Å². The average Bonchev–Trinajstić information content (AvgIpc) is 3.19. The summed E-state index contributed by atoms with van der Waals surface area (Å²) in [5.74, 6) is 1.06. The lowest BCUT2D eigenvalue weighted by Crippen LogP contribution is -2.03. The highest BCUT2D eigenvalue weighted by atomic mass is 32.1. The smallest absolute Gasteiger partial charge is 0.151 e. The monoisotopic (exact) mass is 318 g/mol. The lowest BCUT2D eigenvalue weighted by atomic mass is 10.1. The Morgan fingerprint density at radius 3 is 2.70 bits per heavy atom. The van der Waals surface area contributed by atoms with Crippen LogP contribution < -0.4 is 0 Å². The minimum Gasteiger partial charge on any atom is -0.319 e. The molecule has 0 N–H and O–H groups in total. The summed E-state index contributed by atoms with van der Waals surface area (Å²) in [5.41, 5.74) is 6.22. The zero-order valence-corrected chi connectivity index (χ0v) is 14.1. The minimum absolute atomic E-state index is 0.848. The second-order valence-corrected chi connectivity index (χ2v) is 6.87. The van der Waals surface area contributed by atoms with E-state index in [0.717, 1.165) is 17.9 Å². The number of nitrogens with zero attached hydrogens (tertiary/aromatic N) is 2. The number of aryl methyl sites for hydroxylation is 2. The fourth-order valence-corrected chi connectivity index (χ4v) is 3.69. The fourth-order valence-electron chi connectivity index (χ4n) is 2.97. The van der Waals surface area contributed by atoms with E-state index in [9.17, 15) is 0 Å². The van der Waals surface area contributed by atoms with E-state index in [2.05, 4.69) is 78.4 Å². The molecule has 4 aromatic rings. The van der Waals surface area contributed by atoms with Crippen LogP contribution in [0.2, 0.25) is 0 Å². The van der Waals surface area contributed by atoms with Crippen LogP contribution in [0.3, 0.4) is 0 Å². The number of aromatic nitrogens is 2. The maximum Gasteiger partial charge on any atom is 0.151 e. The SMILES string of the molecule is Cc1ccc(C)c(Cn2c(-c3cccs3)nc3ccccc32)c1. The first-order chi connectivity index (χ1) is 11.2. The van der Waals surface area contributed by atoms with Gasteiger partial charge in [-0.1, -0.05) is 42.0 Å². The van der Waals surface area contributed by atoms with Gasteiger partial charge in [0.2, 0.25) is 0 Å². The number of para-hydroxylation sites is 2. The highest BCUT2D eigenvalue weighted by Gasteiger charge is 2.14. The van der Waals surface area contributed by atoms with Gasteiger partial charge in [0.05, 0.1) is 15.9 Å². The summed E-state index contributed by atoms with van der Waals surface area (Å²) in [7, 11) is 0. The molecule has 2 heterocycles. The molecule has 0 unspecified atom stereocenters. The molecule has 0 atom stereocenters. The Morgan fingerprint density at radius 1 is 1.00 bits per heavy atom. The number of benzene rings is 2. The number of hydrogen-bond acceptors (Lipinski definition) is 2. The molecule has 0 saturated carbocycles. The maximum atomic E-state index is 4.88. The average molecular weight is 318 g/mol. The topological polar surface area (TPSA) is 17.8 Å². The molecule has 0 aliphatic rings. The van der Waals surface area contributed by atoms with Crippen molar-refractivity contribution >= 4 is 22.4 Å². The normalized spacial score (nSPS) is 11.2. The number of fused-ring (bicyclic) bond motifs is 1. The molecule has 0 saturated heterocycles. The molecule has 0 aliphatic heterocycles. The van der Waals surface area contributed by atoms with E-state index in [-0.39, 0.29) is 0 Å².